The molecule has 0 saturated heterocycles. The highest BCUT2D eigenvalue weighted by Gasteiger charge is 2.13. The van der Waals surface area contributed by atoms with E-state index in [1.807, 2.05) is 34.7 Å². The molecule has 0 N–H and O–H groups in total. The highest BCUT2D eigenvalue weighted by molar-refractivity contribution is 14.1. The van der Waals surface area contributed by atoms with Crippen molar-refractivity contribution in [3.8, 4) is 11.5 Å². The van der Waals surface area contributed by atoms with Crippen molar-refractivity contribution in [2.75, 3.05) is 0 Å². The molecule has 0 amide bonds. The van der Waals surface area contributed by atoms with Crippen molar-refractivity contribution in [2.24, 2.45) is 0 Å². The van der Waals surface area contributed by atoms with Gasteiger partial charge in [-0.2, -0.15) is 0 Å². The first-order valence-corrected chi connectivity index (χ1v) is 6.79. The molecule has 6 heteroatoms. The molecule has 0 fully saturated rings. The minimum Gasteiger partial charge on any atom is -0.253 e. The fraction of sp³-hybridized carbons (Fsp3) is 0.182. The molecule has 0 spiro atoms. The topological polar surface area (TPSA) is 38.7 Å². The second kappa shape index (κ2) is 5.46. The molecule has 0 aliphatic rings. The summed E-state index contributed by atoms with van der Waals surface area (Å²) in [6, 6.07) is 3.88. The summed E-state index contributed by atoms with van der Waals surface area (Å²) in [5.41, 5.74) is 1.80. The first-order chi connectivity index (χ1) is 8.13. The van der Waals surface area contributed by atoms with E-state index in [1.165, 1.54) is 0 Å². The van der Waals surface area contributed by atoms with Gasteiger partial charge in [0.05, 0.1) is 3.57 Å². The van der Waals surface area contributed by atoms with Crippen molar-refractivity contribution < 1.29 is 0 Å². The van der Waals surface area contributed by atoms with Crippen LogP contribution in [0.5, 0.6) is 0 Å². The molecule has 17 heavy (non-hydrogen) atoms. The Labute approximate surface area is 123 Å². The minimum absolute atomic E-state index is 0.355. The lowest BCUT2D eigenvalue weighted by atomic mass is 10.1. The van der Waals surface area contributed by atoms with Gasteiger partial charge in [-0.1, -0.05) is 36.2 Å². The Bertz CT molecular complexity index is 537. The molecule has 0 saturated carbocycles. The third-order valence-corrected chi connectivity index (χ3v) is 4.46. The SMILES string of the molecule is CCc1cccnc1-c1nc(Cl)c(I)c(Cl)n1. The second-order valence-electron chi connectivity index (χ2n) is 3.31. The van der Waals surface area contributed by atoms with Crippen molar-refractivity contribution in [3.05, 3.63) is 37.8 Å². The molecule has 0 unspecified atom stereocenters. The maximum atomic E-state index is 5.99. The molecule has 0 bridgehead atoms. The van der Waals surface area contributed by atoms with Gasteiger partial charge in [0.25, 0.3) is 0 Å². The first kappa shape index (κ1) is 13.0. The number of aryl methyl sites for hydroxylation is 1. The van der Waals surface area contributed by atoms with Gasteiger partial charge in [0.15, 0.2) is 5.82 Å². The number of aromatic nitrogens is 3. The Morgan fingerprint density at radius 2 is 1.88 bits per heavy atom. The van der Waals surface area contributed by atoms with Gasteiger partial charge in [-0.25, -0.2) is 9.97 Å². The fourth-order valence-corrected chi connectivity index (χ4v) is 2.05. The summed E-state index contributed by atoms with van der Waals surface area (Å²) in [6.45, 7) is 2.05. The number of rotatable bonds is 2. The predicted molar refractivity (Wildman–Crippen MR) is 77.4 cm³/mol. The van der Waals surface area contributed by atoms with E-state index in [0.717, 1.165) is 17.7 Å². The Morgan fingerprint density at radius 1 is 1.24 bits per heavy atom. The third-order valence-electron chi connectivity index (χ3n) is 2.25. The van der Waals surface area contributed by atoms with Crippen LogP contribution in [0.3, 0.4) is 0 Å². The number of hydrogen-bond acceptors (Lipinski definition) is 3. The zero-order valence-corrected chi connectivity index (χ0v) is 12.6. The van der Waals surface area contributed by atoms with Gasteiger partial charge in [-0.15, -0.1) is 0 Å². The molecule has 2 aromatic rings. The molecule has 0 aromatic carbocycles. The average Bonchev–Trinajstić information content (AvgIpc) is 2.35. The number of hydrogen-bond donors (Lipinski definition) is 0. The third kappa shape index (κ3) is 2.69. The van der Waals surface area contributed by atoms with Crippen molar-refractivity contribution in [1.82, 2.24) is 15.0 Å². The summed E-state index contributed by atoms with van der Waals surface area (Å²) < 4.78 is 0.656. The number of pyridine rings is 1. The van der Waals surface area contributed by atoms with Gasteiger partial charge in [0.1, 0.15) is 16.0 Å². The van der Waals surface area contributed by atoms with E-state index in [4.69, 9.17) is 23.2 Å². The maximum Gasteiger partial charge on any atom is 0.181 e. The van der Waals surface area contributed by atoms with Crippen LogP contribution in [0.25, 0.3) is 11.5 Å². The van der Waals surface area contributed by atoms with Crippen LogP contribution < -0.4 is 0 Å². The Morgan fingerprint density at radius 3 is 2.47 bits per heavy atom. The lowest BCUT2D eigenvalue weighted by molar-refractivity contribution is 1.06. The van der Waals surface area contributed by atoms with E-state index >= 15 is 0 Å². The Balaban J connectivity index is 2.61. The summed E-state index contributed by atoms with van der Waals surface area (Å²) in [6.07, 6.45) is 2.56. The van der Waals surface area contributed by atoms with Crippen LogP contribution in [0.2, 0.25) is 10.3 Å². The predicted octanol–water partition coefficient (Wildman–Crippen LogP) is 4.01. The van der Waals surface area contributed by atoms with Crippen molar-refractivity contribution in [3.63, 3.8) is 0 Å². The summed E-state index contributed by atoms with van der Waals surface area (Å²) >= 11 is 14.0. The van der Waals surface area contributed by atoms with Gasteiger partial charge in [-0.05, 0) is 40.6 Å². The molecule has 2 aromatic heterocycles. The molecule has 0 atom stereocenters. The fourth-order valence-electron chi connectivity index (χ4n) is 1.43. The first-order valence-electron chi connectivity index (χ1n) is 4.96. The molecule has 0 aliphatic heterocycles. The molecular weight excluding hydrogens is 372 g/mol. The van der Waals surface area contributed by atoms with Crippen molar-refractivity contribution in [1.29, 1.82) is 0 Å². The van der Waals surface area contributed by atoms with Crippen LogP contribution in [0.1, 0.15) is 12.5 Å². The Kier molecular flexibility index (Phi) is 4.17. The van der Waals surface area contributed by atoms with E-state index in [0.29, 0.717) is 19.7 Å². The van der Waals surface area contributed by atoms with Crippen molar-refractivity contribution >= 4 is 45.8 Å². The summed E-state index contributed by atoms with van der Waals surface area (Å²) in [5.74, 6) is 0.470. The van der Waals surface area contributed by atoms with E-state index in [2.05, 4.69) is 21.9 Å². The van der Waals surface area contributed by atoms with Gasteiger partial charge in [0, 0.05) is 6.20 Å². The second-order valence-corrected chi connectivity index (χ2v) is 5.10. The lowest BCUT2D eigenvalue weighted by Crippen LogP contribution is -1.98. The smallest absolute Gasteiger partial charge is 0.181 e. The summed E-state index contributed by atoms with van der Waals surface area (Å²) in [4.78, 5) is 12.7. The van der Waals surface area contributed by atoms with E-state index < -0.39 is 0 Å². The van der Waals surface area contributed by atoms with Gasteiger partial charge < -0.3 is 0 Å². The van der Waals surface area contributed by atoms with Crippen LogP contribution in [-0.4, -0.2) is 15.0 Å². The summed E-state index contributed by atoms with van der Waals surface area (Å²) in [5, 5.41) is 0.710. The van der Waals surface area contributed by atoms with E-state index in [-0.39, 0.29) is 0 Å². The summed E-state index contributed by atoms with van der Waals surface area (Å²) in [7, 11) is 0. The van der Waals surface area contributed by atoms with Crippen LogP contribution in [0.4, 0.5) is 0 Å². The zero-order chi connectivity index (χ0) is 12.4. The quantitative estimate of drug-likeness (QED) is 0.584. The molecule has 88 valence electrons. The van der Waals surface area contributed by atoms with Crippen LogP contribution >= 0.6 is 45.8 Å². The Hall–Kier alpha value is -0.460. The highest BCUT2D eigenvalue weighted by Crippen LogP contribution is 2.27. The largest absolute Gasteiger partial charge is 0.253 e. The normalized spacial score (nSPS) is 10.6. The molecule has 3 nitrogen and oxygen atoms in total. The minimum atomic E-state index is 0.355. The maximum absolute atomic E-state index is 5.99. The van der Waals surface area contributed by atoms with Gasteiger partial charge >= 0.3 is 0 Å². The van der Waals surface area contributed by atoms with Crippen LogP contribution in [0, 0.1) is 3.57 Å². The van der Waals surface area contributed by atoms with Crippen LogP contribution in [-0.2, 0) is 6.42 Å². The molecule has 2 rings (SSSR count). The molecular formula is C11H8Cl2IN3. The van der Waals surface area contributed by atoms with Crippen molar-refractivity contribution in [2.45, 2.75) is 13.3 Å². The monoisotopic (exact) mass is 379 g/mol. The van der Waals surface area contributed by atoms with E-state index in [1.54, 1.807) is 6.20 Å². The lowest BCUT2D eigenvalue weighted by Gasteiger charge is -2.06. The number of halogens is 3. The standard InChI is InChI=1S/C11H8Cl2IN3/c1-2-6-4-3-5-15-8(6)11-16-9(12)7(14)10(13)17-11/h3-5H,2H2,1H3. The molecule has 0 radical (unpaired) electrons. The average molecular weight is 380 g/mol. The van der Waals surface area contributed by atoms with Gasteiger partial charge in [0.2, 0.25) is 0 Å². The highest BCUT2D eigenvalue weighted by atomic mass is 127. The number of nitrogens with zero attached hydrogens (tertiary/aromatic N) is 3. The zero-order valence-electron chi connectivity index (χ0n) is 8.91. The molecule has 2 heterocycles. The van der Waals surface area contributed by atoms with E-state index in [9.17, 15) is 0 Å². The van der Waals surface area contributed by atoms with Gasteiger partial charge in [-0.3, -0.25) is 4.98 Å². The van der Waals surface area contributed by atoms with Crippen LogP contribution in [0.15, 0.2) is 18.3 Å². The molecule has 0 aliphatic carbocycles.